The molecule has 1 aromatic carbocycles. The van der Waals surface area contributed by atoms with E-state index < -0.39 is 0 Å². The van der Waals surface area contributed by atoms with Gasteiger partial charge in [0.1, 0.15) is 5.82 Å². The Morgan fingerprint density at radius 3 is 2.91 bits per heavy atom. The van der Waals surface area contributed by atoms with E-state index in [4.69, 9.17) is 5.73 Å². The number of anilines is 2. The van der Waals surface area contributed by atoms with Crippen molar-refractivity contribution in [2.75, 3.05) is 11.1 Å². The molecule has 4 rings (SSSR count). The smallest absolute Gasteiger partial charge is 0.226 e. The van der Waals surface area contributed by atoms with Crippen LogP contribution in [0.15, 0.2) is 30.5 Å². The van der Waals surface area contributed by atoms with Gasteiger partial charge in [0, 0.05) is 13.1 Å². The lowest BCUT2D eigenvalue weighted by molar-refractivity contribution is 0.606. The Morgan fingerprint density at radius 2 is 2.05 bits per heavy atom. The maximum absolute atomic E-state index is 6.01. The lowest BCUT2D eigenvalue weighted by atomic mass is 9.88. The molecule has 0 bridgehead atoms. The summed E-state index contributed by atoms with van der Waals surface area (Å²) in [6, 6.07) is 8.94. The predicted octanol–water partition coefficient (Wildman–Crippen LogP) is 1.91. The average Bonchev–Trinajstić information content (AvgIpc) is 2.89. The molecular weight excluding hydrogens is 276 g/mol. The first-order chi connectivity index (χ1) is 10.7. The number of rotatable bonds is 2. The van der Waals surface area contributed by atoms with Crippen LogP contribution in [0.1, 0.15) is 17.5 Å². The van der Waals surface area contributed by atoms with Gasteiger partial charge in [-0.25, -0.2) is 0 Å². The van der Waals surface area contributed by atoms with Crippen molar-refractivity contribution in [3.8, 4) is 0 Å². The fourth-order valence-corrected chi connectivity index (χ4v) is 3.11. The summed E-state index contributed by atoms with van der Waals surface area (Å²) in [5.41, 5.74) is 9.61. The molecule has 1 aliphatic carbocycles. The third-order valence-electron chi connectivity index (χ3n) is 4.30. The molecule has 6 heteroatoms. The second-order valence-corrected chi connectivity index (χ2v) is 5.79. The number of nitrogens with zero attached hydrogens (tertiary/aromatic N) is 4. The molecule has 22 heavy (non-hydrogen) atoms. The summed E-state index contributed by atoms with van der Waals surface area (Å²) in [7, 11) is 1.86. The molecule has 1 atom stereocenters. The van der Waals surface area contributed by atoms with Gasteiger partial charge in [-0.1, -0.05) is 24.3 Å². The van der Waals surface area contributed by atoms with Gasteiger partial charge in [0.2, 0.25) is 5.95 Å². The van der Waals surface area contributed by atoms with Crippen LogP contribution in [0.25, 0.3) is 11.0 Å². The van der Waals surface area contributed by atoms with Crippen LogP contribution in [0.2, 0.25) is 0 Å². The van der Waals surface area contributed by atoms with Crippen molar-refractivity contribution in [2.45, 2.75) is 25.3 Å². The molecule has 0 spiro atoms. The maximum Gasteiger partial charge on any atom is 0.226 e. The number of nitrogens with one attached hydrogen (secondary N) is 1. The predicted molar refractivity (Wildman–Crippen MR) is 86.6 cm³/mol. The molecule has 6 nitrogen and oxygen atoms in total. The van der Waals surface area contributed by atoms with Gasteiger partial charge >= 0.3 is 0 Å². The van der Waals surface area contributed by atoms with Crippen molar-refractivity contribution in [2.24, 2.45) is 7.05 Å². The topological polar surface area (TPSA) is 81.7 Å². The Labute approximate surface area is 128 Å². The Balaban J connectivity index is 1.61. The minimum atomic E-state index is 0.333. The molecule has 1 unspecified atom stereocenters. The fraction of sp³-hybridized carbons (Fsp3) is 0.312. The molecule has 2 aromatic heterocycles. The highest BCUT2D eigenvalue weighted by Gasteiger charge is 2.19. The van der Waals surface area contributed by atoms with Crippen molar-refractivity contribution < 1.29 is 0 Å². The quantitative estimate of drug-likeness (QED) is 0.754. The summed E-state index contributed by atoms with van der Waals surface area (Å²) >= 11 is 0. The van der Waals surface area contributed by atoms with E-state index >= 15 is 0 Å². The summed E-state index contributed by atoms with van der Waals surface area (Å²) in [4.78, 5) is 8.91. The summed E-state index contributed by atoms with van der Waals surface area (Å²) in [6.07, 6.45) is 4.84. The average molecular weight is 294 g/mol. The monoisotopic (exact) mass is 294 g/mol. The lowest BCUT2D eigenvalue weighted by Crippen LogP contribution is -2.28. The molecule has 1 aliphatic rings. The van der Waals surface area contributed by atoms with Gasteiger partial charge in [-0.05, 0) is 30.4 Å². The summed E-state index contributed by atoms with van der Waals surface area (Å²) < 4.78 is 1.72. The number of fused-ring (bicyclic) bond motifs is 2. The Kier molecular flexibility index (Phi) is 2.96. The van der Waals surface area contributed by atoms with E-state index in [1.165, 1.54) is 11.1 Å². The van der Waals surface area contributed by atoms with E-state index in [-0.39, 0.29) is 0 Å². The summed E-state index contributed by atoms with van der Waals surface area (Å²) in [5.74, 6) is 1.05. The first-order valence-electron chi connectivity index (χ1n) is 7.49. The molecule has 0 amide bonds. The molecular formula is C16H18N6. The van der Waals surface area contributed by atoms with Crippen LogP contribution in [-0.2, 0) is 19.9 Å². The normalized spacial score (nSPS) is 17.4. The van der Waals surface area contributed by atoms with Gasteiger partial charge in [-0.2, -0.15) is 15.1 Å². The zero-order chi connectivity index (χ0) is 15.1. The highest BCUT2D eigenvalue weighted by molar-refractivity contribution is 5.86. The molecule has 2 heterocycles. The van der Waals surface area contributed by atoms with Crippen molar-refractivity contribution >= 4 is 22.8 Å². The van der Waals surface area contributed by atoms with Crippen LogP contribution < -0.4 is 11.1 Å². The molecule has 3 aromatic rings. The van der Waals surface area contributed by atoms with Crippen LogP contribution in [0.5, 0.6) is 0 Å². The van der Waals surface area contributed by atoms with Gasteiger partial charge in [-0.15, -0.1) is 0 Å². The number of aromatic nitrogens is 4. The van der Waals surface area contributed by atoms with E-state index in [0.717, 1.165) is 30.3 Å². The van der Waals surface area contributed by atoms with E-state index in [9.17, 15) is 0 Å². The SMILES string of the molecule is Cn1ncc2c(N)nc(NC3CCc4ccccc4C3)nc21. The number of hydrogen-bond donors (Lipinski definition) is 2. The summed E-state index contributed by atoms with van der Waals surface area (Å²) in [5, 5.41) is 8.40. The highest BCUT2D eigenvalue weighted by Crippen LogP contribution is 2.24. The summed E-state index contributed by atoms with van der Waals surface area (Å²) in [6.45, 7) is 0. The number of aryl methyl sites for hydroxylation is 2. The minimum Gasteiger partial charge on any atom is -0.383 e. The van der Waals surface area contributed by atoms with Gasteiger partial charge in [0.05, 0.1) is 11.6 Å². The Morgan fingerprint density at radius 1 is 1.23 bits per heavy atom. The molecule has 0 saturated heterocycles. The molecule has 0 saturated carbocycles. The number of nitrogen functional groups attached to an aromatic ring is 1. The van der Waals surface area contributed by atoms with Gasteiger partial charge < -0.3 is 11.1 Å². The van der Waals surface area contributed by atoms with Crippen LogP contribution >= 0.6 is 0 Å². The first-order valence-corrected chi connectivity index (χ1v) is 7.49. The zero-order valence-electron chi connectivity index (χ0n) is 12.5. The van der Waals surface area contributed by atoms with Crippen LogP contribution in [0.3, 0.4) is 0 Å². The number of benzene rings is 1. The van der Waals surface area contributed by atoms with Gasteiger partial charge in [0.15, 0.2) is 5.65 Å². The van der Waals surface area contributed by atoms with E-state index in [1.807, 2.05) is 7.05 Å². The lowest BCUT2D eigenvalue weighted by Gasteiger charge is -2.25. The molecule has 112 valence electrons. The number of hydrogen-bond acceptors (Lipinski definition) is 5. The van der Waals surface area contributed by atoms with Gasteiger partial charge in [-0.3, -0.25) is 4.68 Å². The molecule has 0 aliphatic heterocycles. The third kappa shape index (κ3) is 2.16. The number of nitrogens with two attached hydrogens (primary N) is 1. The van der Waals surface area contributed by atoms with Crippen LogP contribution in [0.4, 0.5) is 11.8 Å². The van der Waals surface area contributed by atoms with Gasteiger partial charge in [0.25, 0.3) is 0 Å². The second kappa shape index (κ2) is 4.98. The zero-order valence-corrected chi connectivity index (χ0v) is 12.5. The fourth-order valence-electron chi connectivity index (χ4n) is 3.11. The van der Waals surface area contributed by atoms with E-state index in [1.54, 1.807) is 10.9 Å². The Hall–Kier alpha value is -2.63. The molecule has 0 fully saturated rings. The van der Waals surface area contributed by atoms with Crippen molar-refractivity contribution in [3.05, 3.63) is 41.6 Å². The van der Waals surface area contributed by atoms with E-state index in [2.05, 4.69) is 44.6 Å². The first kappa shape index (κ1) is 13.1. The largest absolute Gasteiger partial charge is 0.383 e. The maximum atomic E-state index is 6.01. The third-order valence-corrected chi connectivity index (χ3v) is 4.30. The minimum absolute atomic E-state index is 0.333. The second-order valence-electron chi connectivity index (χ2n) is 5.79. The standard InChI is InChI=1S/C16H18N6/c1-22-15-13(9-18-22)14(17)20-16(21-15)19-12-7-6-10-4-2-3-5-11(10)8-12/h2-5,9,12H,6-8H2,1H3,(H3,17,19,20,21). The van der Waals surface area contributed by atoms with Crippen molar-refractivity contribution in [1.82, 2.24) is 19.7 Å². The Bertz CT molecular complexity index is 838. The highest BCUT2D eigenvalue weighted by atomic mass is 15.3. The molecule has 0 radical (unpaired) electrons. The van der Waals surface area contributed by atoms with Crippen molar-refractivity contribution in [3.63, 3.8) is 0 Å². The van der Waals surface area contributed by atoms with Crippen molar-refractivity contribution in [1.29, 1.82) is 0 Å². The van der Waals surface area contributed by atoms with Crippen LogP contribution in [-0.4, -0.2) is 25.8 Å². The molecule has 3 N–H and O–H groups in total. The van der Waals surface area contributed by atoms with Crippen LogP contribution in [0, 0.1) is 0 Å². The van der Waals surface area contributed by atoms with E-state index in [0.29, 0.717) is 17.8 Å².